The zero-order valence-corrected chi connectivity index (χ0v) is 16.9. The third kappa shape index (κ3) is 4.64. The number of ether oxygens (including phenoxy) is 1. The van der Waals surface area contributed by atoms with Crippen LogP contribution < -0.4 is 20.7 Å². The lowest BCUT2D eigenvalue weighted by Gasteiger charge is -2.36. The minimum atomic E-state index is 0.213. The minimum Gasteiger partial charge on any atom is -0.457 e. The summed E-state index contributed by atoms with van der Waals surface area (Å²) in [5.41, 5.74) is 1.25. The normalized spacial score (nSPS) is 21.0. The Kier molecular flexibility index (Phi) is 6.31. The molecule has 1 atom stereocenters. The summed E-state index contributed by atoms with van der Waals surface area (Å²) < 4.78 is 5.82. The van der Waals surface area contributed by atoms with Gasteiger partial charge in [-0.15, -0.1) is 0 Å². The molecule has 6 heteroatoms. The Balaban J connectivity index is 1.48. The Morgan fingerprint density at radius 1 is 0.933 bits per heavy atom. The van der Waals surface area contributed by atoms with Crippen molar-refractivity contribution < 1.29 is 4.74 Å². The van der Waals surface area contributed by atoms with Crippen LogP contribution >= 0.6 is 0 Å². The van der Waals surface area contributed by atoms with Crippen LogP contribution in [0.4, 0.5) is 0 Å². The van der Waals surface area contributed by atoms with Crippen LogP contribution in [0.1, 0.15) is 24.8 Å². The van der Waals surface area contributed by atoms with E-state index in [9.17, 15) is 5.26 Å². The van der Waals surface area contributed by atoms with Crippen LogP contribution in [-0.4, -0.2) is 31.4 Å². The van der Waals surface area contributed by atoms with Crippen LogP contribution in [0.2, 0.25) is 0 Å². The average Bonchev–Trinajstić information content (AvgIpc) is 2.81. The molecule has 2 aliphatic heterocycles. The molecular formula is C24H27N5O. The molecular weight excluding hydrogens is 374 g/mol. The Labute approximate surface area is 177 Å². The van der Waals surface area contributed by atoms with Crippen LogP contribution in [-0.2, 0) is 0 Å². The SMILES string of the molecule is N#C/C(C(=N)c1ccc(Oc2ccccc2)cc1)=C1\NCC[C@@H](C2CCNCC2)N1. The second-order valence-corrected chi connectivity index (χ2v) is 7.73. The first-order valence-corrected chi connectivity index (χ1v) is 10.5. The summed E-state index contributed by atoms with van der Waals surface area (Å²) in [5.74, 6) is 2.75. The minimum absolute atomic E-state index is 0.213. The highest BCUT2D eigenvalue weighted by Crippen LogP contribution is 2.24. The Hall–Kier alpha value is -3.30. The molecule has 2 aromatic rings. The molecule has 2 saturated heterocycles. The number of allylic oxidation sites excluding steroid dienone is 1. The van der Waals surface area contributed by atoms with Gasteiger partial charge in [0.1, 0.15) is 29.0 Å². The molecule has 2 fully saturated rings. The molecule has 30 heavy (non-hydrogen) atoms. The fourth-order valence-corrected chi connectivity index (χ4v) is 4.12. The lowest BCUT2D eigenvalue weighted by atomic mass is 9.87. The van der Waals surface area contributed by atoms with Crippen molar-refractivity contribution in [2.24, 2.45) is 5.92 Å². The molecule has 6 nitrogen and oxygen atoms in total. The first-order valence-electron chi connectivity index (χ1n) is 10.5. The highest BCUT2D eigenvalue weighted by atomic mass is 16.5. The molecule has 154 valence electrons. The van der Waals surface area contributed by atoms with E-state index in [1.165, 1.54) is 0 Å². The van der Waals surface area contributed by atoms with Gasteiger partial charge < -0.3 is 20.7 Å². The Bertz CT molecular complexity index is 940. The smallest absolute Gasteiger partial charge is 0.127 e. The zero-order chi connectivity index (χ0) is 20.8. The van der Waals surface area contributed by atoms with E-state index in [4.69, 9.17) is 10.1 Å². The molecule has 2 heterocycles. The molecule has 0 unspecified atom stereocenters. The van der Waals surface area contributed by atoms with Gasteiger partial charge >= 0.3 is 0 Å². The van der Waals surface area contributed by atoms with Gasteiger partial charge in [0.05, 0.1) is 5.71 Å². The predicted molar refractivity (Wildman–Crippen MR) is 118 cm³/mol. The summed E-state index contributed by atoms with van der Waals surface area (Å²) in [5, 5.41) is 28.6. The topological polar surface area (TPSA) is 93.0 Å². The van der Waals surface area contributed by atoms with E-state index in [1.807, 2.05) is 54.6 Å². The number of nitrogens with one attached hydrogen (secondary N) is 4. The van der Waals surface area contributed by atoms with Crippen molar-refractivity contribution in [3.63, 3.8) is 0 Å². The molecule has 2 aromatic carbocycles. The van der Waals surface area contributed by atoms with Crippen molar-refractivity contribution in [1.82, 2.24) is 16.0 Å². The lowest BCUT2D eigenvalue weighted by Crippen LogP contribution is -2.50. The second-order valence-electron chi connectivity index (χ2n) is 7.73. The Morgan fingerprint density at radius 3 is 2.33 bits per heavy atom. The maximum Gasteiger partial charge on any atom is 0.127 e. The maximum atomic E-state index is 9.79. The fourth-order valence-electron chi connectivity index (χ4n) is 4.12. The van der Waals surface area contributed by atoms with Gasteiger partial charge in [-0.1, -0.05) is 18.2 Å². The van der Waals surface area contributed by atoms with Crippen LogP contribution in [0.25, 0.3) is 0 Å². The van der Waals surface area contributed by atoms with Gasteiger partial charge in [-0.05, 0) is 74.7 Å². The largest absolute Gasteiger partial charge is 0.457 e. The van der Waals surface area contributed by atoms with Gasteiger partial charge in [-0.3, -0.25) is 5.41 Å². The maximum absolute atomic E-state index is 9.79. The van der Waals surface area contributed by atoms with Crippen LogP contribution in [0.3, 0.4) is 0 Å². The summed E-state index contributed by atoms with van der Waals surface area (Å²) >= 11 is 0. The molecule has 0 aromatic heterocycles. The number of hydrogen-bond donors (Lipinski definition) is 4. The number of hydrogen-bond acceptors (Lipinski definition) is 6. The number of nitrogens with zero attached hydrogens (tertiary/aromatic N) is 1. The van der Waals surface area contributed by atoms with Gasteiger partial charge in [-0.2, -0.15) is 5.26 Å². The number of rotatable bonds is 5. The lowest BCUT2D eigenvalue weighted by molar-refractivity contribution is 0.260. The quantitative estimate of drug-likeness (QED) is 0.454. The average molecular weight is 402 g/mol. The number of benzene rings is 2. The summed E-state index contributed by atoms with van der Waals surface area (Å²) in [6.45, 7) is 2.92. The van der Waals surface area contributed by atoms with Crippen LogP contribution in [0.15, 0.2) is 66.0 Å². The van der Waals surface area contributed by atoms with Crippen molar-refractivity contribution >= 4 is 5.71 Å². The summed E-state index contributed by atoms with van der Waals surface area (Å²) in [7, 11) is 0. The second kappa shape index (κ2) is 9.47. The summed E-state index contributed by atoms with van der Waals surface area (Å²) in [6.07, 6.45) is 3.33. The molecule has 0 radical (unpaired) electrons. The molecule has 0 aliphatic carbocycles. The highest BCUT2D eigenvalue weighted by molar-refractivity contribution is 6.13. The van der Waals surface area contributed by atoms with Crippen molar-refractivity contribution in [2.45, 2.75) is 25.3 Å². The number of piperidine rings is 1. The molecule has 0 amide bonds. The van der Waals surface area contributed by atoms with Gasteiger partial charge in [-0.25, -0.2) is 0 Å². The van der Waals surface area contributed by atoms with E-state index >= 15 is 0 Å². The van der Waals surface area contributed by atoms with Crippen molar-refractivity contribution in [1.29, 1.82) is 10.7 Å². The van der Waals surface area contributed by atoms with E-state index in [-0.39, 0.29) is 5.71 Å². The fraction of sp³-hybridized carbons (Fsp3) is 0.333. The van der Waals surface area contributed by atoms with Crippen molar-refractivity contribution in [3.8, 4) is 17.6 Å². The zero-order valence-electron chi connectivity index (χ0n) is 16.9. The third-order valence-corrected chi connectivity index (χ3v) is 5.77. The van der Waals surface area contributed by atoms with Crippen molar-refractivity contribution in [2.75, 3.05) is 19.6 Å². The first-order chi connectivity index (χ1) is 14.7. The van der Waals surface area contributed by atoms with Crippen LogP contribution in [0.5, 0.6) is 11.5 Å². The van der Waals surface area contributed by atoms with E-state index in [0.29, 0.717) is 34.7 Å². The monoisotopic (exact) mass is 401 g/mol. The molecule has 4 N–H and O–H groups in total. The van der Waals surface area contributed by atoms with Gasteiger partial charge in [0.2, 0.25) is 0 Å². The van der Waals surface area contributed by atoms with E-state index < -0.39 is 0 Å². The standard InChI is InChI=1S/C24H27N5O/c25-16-21(24-28-15-12-22(29-24)17-10-13-27-14-11-17)23(26)18-6-8-20(9-7-18)30-19-4-2-1-3-5-19/h1-9,17,22,26-29H,10-15H2/b24-21-,26-23?/t22-/m0/s1. The van der Waals surface area contributed by atoms with Gasteiger partial charge in [0, 0.05) is 18.2 Å². The Morgan fingerprint density at radius 2 is 1.63 bits per heavy atom. The molecule has 4 rings (SSSR count). The first kappa shape index (κ1) is 20.0. The highest BCUT2D eigenvalue weighted by Gasteiger charge is 2.28. The summed E-state index contributed by atoms with van der Waals surface area (Å²) in [4.78, 5) is 0. The molecule has 0 bridgehead atoms. The molecule has 0 spiro atoms. The van der Waals surface area contributed by atoms with Gasteiger partial charge in [0.25, 0.3) is 0 Å². The van der Waals surface area contributed by atoms with Crippen LogP contribution in [0, 0.1) is 22.7 Å². The van der Waals surface area contributed by atoms with E-state index in [2.05, 4.69) is 22.0 Å². The third-order valence-electron chi connectivity index (χ3n) is 5.77. The van der Waals surface area contributed by atoms with E-state index in [0.717, 1.165) is 44.6 Å². The molecule has 0 saturated carbocycles. The molecule has 2 aliphatic rings. The number of para-hydroxylation sites is 1. The summed E-state index contributed by atoms with van der Waals surface area (Å²) in [6, 6.07) is 19.5. The number of nitriles is 1. The predicted octanol–water partition coefficient (Wildman–Crippen LogP) is 3.53. The van der Waals surface area contributed by atoms with Crippen molar-refractivity contribution in [3.05, 3.63) is 71.6 Å². The van der Waals surface area contributed by atoms with Gasteiger partial charge in [0.15, 0.2) is 0 Å². The van der Waals surface area contributed by atoms with E-state index in [1.54, 1.807) is 0 Å².